The fourth-order valence-corrected chi connectivity index (χ4v) is 4.41. The van der Waals surface area contributed by atoms with E-state index in [1.807, 2.05) is 28.8 Å². The van der Waals surface area contributed by atoms with Crippen molar-refractivity contribution in [3.05, 3.63) is 59.7 Å². The third-order valence-corrected chi connectivity index (χ3v) is 6.25. The van der Waals surface area contributed by atoms with Crippen LogP contribution in [0.15, 0.2) is 53.4 Å². The number of esters is 1. The Morgan fingerprint density at radius 2 is 1.64 bits per heavy atom. The zero-order valence-corrected chi connectivity index (χ0v) is 17.0. The van der Waals surface area contributed by atoms with Crippen LogP contribution < -0.4 is 4.74 Å². The molecule has 0 radical (unpaired) electrons. The summed E-state index contributed by atoms with van der Waals surface area (Å²) in [5, 5.41) is 0. The molecule has 1 fully saturated rings. The van der Waals surface area contributed by atoms with E-state index in [9.17, 15) is 9.59 Å². The Morgan fingerprint density at radius 1 is 1.00 bits per heavy atom. The van der Waals surface area contributed by atoms with E-state index in [-0.39, 0.29) is 5.91 Å². The number of hydrogen-bond acceptors (Lipinski definition) is 5. The molecule has 0 spiro atoms. The number of piperidine rings is 1. The van der Waals surface area contributed by atoms with Gasteiger partial charge < -0.3 is 14.4 Å². The van der Waals surface area contributed by atoms with Crippen molar-refractivity contribution in [1.29, 1.82) is 0 Å². The van der Waals surface area contributed by atoms with E-state index < -0.39 is 5.97 Å². The first-order valence-electron chi connectivity index (χ1n) is 9.36. The molecule has 0 unspecified atom stereocenters. The second-order valence-electron chi connectivity index (χ2n) is 6.76. The Hall–Kier alpha value is -2.47. The van der Waals surface area contributed by atoms with Gasteiger partial charge in [-0.15, -0.1) is 11.8 Å². The molecular formula is C22H25NO4S. The van der Waals surface area contributed by atoms with E-state index >= 15 is 0 Å². The number of thioether (sulfide) groups is 1. The third-order valence-electron chi connectivity index (χ3n) is 5.01. The van der Waals surface area contributed by atoms with Crippen LogP contribution in [-0.2, 0) is 4.74 Å². The first-order chi connectivity index (χ1) is 13.6. The van der Waals surface area contributed by atoms with Gasteiger partial charge in [-0.2, -0.15) is 0 Å². The van der Waals surface area contributed by atoms with Gasteiger partial charge in [0.05, 0.1) is 25.3 Å². The summed E-state index contributed by atoms with van der Waals surface area (Å²) in [4.78, 5) is 27.9. The maximum atomic E-state index is 12.9. The Bertz CT molecular complexity index is 814. The van der Waals surface area contributed by atoms with E-state index in [2.05, 4.69) is 12.1 Å². The Labute approximate surface area is 170 Å². The van der Waals surface area contributed by atoms with Crippen molar-refractivity contribution >= 4 is 23.6 Å². The predicted molar refractivity (Wildman–Crippen MR) is 110 cm³/mol. The molecule has 2 aromatic rings. The summed E-state index contributed by atoms with van der Waals surface area (Å²) in [6, 6.07) is 14.9. The van der Waals surface area contributed by atoms with Gasteiger partial charge in [-0.25, -0.2) is 4.79 Å². The van der Waals surface area contributed by atoms with E-state index in [1.165, 1.54) is 12.0 Å². The minimum atomic E-state index is -0.477. The van der Waals surface area contributed by atoms with Crippen molar-refractivity contribution in [1.82, 2.24) is 4.90 Å². The second kappa shape index (κ2) is 9.64. The molecule has 1 saturated heterocycles. The lowest BCUT2D eigenvalue weighted by Crippen LogP contribution is -2.39. The van der Waals surface area contributed by atoms with Gasteiger partial charge in [0.25, 0.3) is 5.91 Å². The SMILES string of the molecule is COC(=O)c1ccccc1C(=O)N1CCC(CSc2ccc(OC)cc2)CC1. The number of nitrogens with zero attached hydrogens (tertiary/aromatic N) is 1. The molecule has 6 heteroatoms. The van der Waals surface area contributed by atoms with Crippen LogP contribution in [0.2, 0.25) is 0 Å². The quantitative estimate of drug-likeness (QED) is 0.540. The third kappa shape index (κ3) is 4.87. The summed E-state index contributed by atoms with van der Waals surface area (Å²) >= 11 is 1.84. The average molecular weight is 400 g/mol. The van der Waals surface area contributed by atoms with Crippen molar-refractivity contribution in [2.45, 2.75) is 17.7 Å². The predicted octanol–water partition coefficient (Wildman–Crippen LogP) is 4.13. The lowest BCUT2D eigenvalue weighted by molar-refractivity contribution is 0.0585. The second-order valence-corrected chi connectivity index (χ2v) is 7.85. The highest BCUT2D eigenvalue weighted by molar-refractivity contribution is 7.99. The minimum Gasteiger partial charge on any atom is -0.497 e. The number of benzene rings is 2. The monoisotopic (exact) mass is 399 g/mol. The Morgan fingerprint density at radius 3 is 2.25 bits per heavy atom. The van der Waals surface area contributed by atoms with Crippen LogP contribution in [0.3, 0.4) is 0 Å². The highest BCUT2D eigenvalue weighted by Crippen LogP contribution is 2.28. The summed E-state index contributed by atoms with van der Waals surface area (Å²) in [5.41, 5.74) is 0.743. The molecule has 0 saturated carbocycles. The summed E-state index contributed by atoms with van der Waals surface area (Å²) in [6.45, 7) is 1.42. The largest absolute Gasteiger partial charge is 0.497 e. The van der Waals surface area contributed by atoms with Gasteiger partial charge in [-0.3, -0.25) is 4.79 Å². The number of amides is 1. The maximum Gasteiger partial charge on any atom is 0.338 e. The molecule has 5 nitrogen and oxygen atoms in total. The molecule has 0 atom stereocenters. The number of carbonyl (C=O) groups is 2. The highest BCUT2D eigenvalue weighted by Gasteiger charge is 2.26. The molecule has 1 amide bonds. The lowest BCUT2D eigenvalue weighted by atomic mass is 9.97. The zero-order valence-electron chi connectivity index (χ0n) is 16.2. The zero-order chi connectivity index (χ0) is 19.9. The fraction of sp³-hybridized carbons (Fsp3) is 0.364. The van der Waals surface area contributed by atoms with Crippen LogP contribution in [0.4, 0.5) is 0 Å². The lowest BCUT2D eigenvalue weighted by Gasteiger charge is -2.32. The molecule has 0 aromatic heterocycles. The topological polar surface area (TPSA) is 55.8 Å². The summed E-state index contributed by atoms with van der Waals surface area (Å²) in [6.07, 6.45) is 1.94. The summed E-state index contributed by atoms with van der Waals surface area (Å²) < 4.78 is 9.99. The van der Waals surface area contributed by atoms with E-state index in [4.69, 9.17) is 9.47 Å². The van der Waals surface area contributed by atoms with Gasteiger partial charge in [0, 0.05) is 23.7 Å². The van der Waals surface area contributed by atoms with Gasteiger partial charge >= 0.3 is 5.97 Å². The van der Waals surface area contributed by atoms with E-state index in [0.29, 0.717) is 30.1 Å². The van der Waals surface area contributed by atoms with Crippen molar-refractivity contribution in [3.63, 3.8) is 0 Å². The number of ether oxygens (including phenoxy) is 2. The van der Waals surface area contributed by atoms with Crippen molar-refractivity contribution < 1.29 is 19.1 Å². The van der Waals surface area contributed by atoms with Crippen LogP contribution >= 0.6 is 11.8 Å². The number of methoxy groups -OCH3 is 2. The summed E-state index contributed by atoms with van der Waals surface area (Å²) in [5.74, 6) is 1.90. The summed E-state index contributed by atoms with van der Waals surface area (Å²) in [7, 11) is 3.00. The smallest absolute Gasteiger partial charge is 0.338 e. The molecule has 3 rings (SSSR count). The normalized spacial score (nSPS) is 14.6. The number of likely N-dealkylation sites (tertiary alicyclic amines) is 1. The molecule has 1 heterocycles. The Balaban J connectivity index is 1.53. The van der Waals surface area contributed by atoms with Crippen LogP contribution in [-0.4, -0.2) is 49.8 Å². The van der Waals surface area contributed by atoms with Gasteiger partial charge in [0.15, 0.2) is 0 Å². The average Bonchev–Trinajstić information content (AvgIpc) is 2.77. The minimum absolute atomic E-state index is 0.0951. The van der Waals surface area contributed by atoms with Crippen LogP contribution in [0, 0.1) is 5.92 Å². The molecule has 28 heavy (non-hydrogen) atoms. The van der Waals surface area contributed by atoms with E-state index in [1.54, 1.807) is 31.4 Å². The number of hydrogen-bond donors (Lipinski definition) is 0. The number of carbonyl (C=O) groups excluding carboxylic acids is 2. The molecule has 148 valence electrons. The standard InChI is InChI=1S/C22H25NO4S/c1-26-17-7-9-18(10-8-17)28-15-16-11-13-23(14-12-16)21(24)19-5-3-4-6-20(19)22(25)27-2/h3-10,16H,11-15H2,1-2H3. The van der Waals surface area contributed by atoms with Crippen molar-refractivity contribution in [2.75, 3.05) is 33.1 Å². The van der Waals surface area contributed by atoms with Crippen LogP contribution in [0.1, 0.15) is 33.6 Å². The molecule has 0 bridgehead atoms. The highest BCUT2D eigenvalue weighted by atomic mass is 32.2. The Kier molecular flexibility index (Phi) is 6.98. The van der Waals surface area contributed by atoms with Crippen LogP contribution in [0.25, 0.3) is 0 Å². The first kappa shape index (κ1) is 20.3. The molecule has 0 aliphatic carbocycles. The number of rotatable bonds is 6. The van der Waals surface area contributed by atoms with Crippen LogP contribution in [0.5, 0.6) is 5.75 Å². The molecule has 2 aromatic carbocycles. The maximum absolute atomic E-state index is 12.9. The molecule has 1 aliphatic rings. The molecule has 0 N–H and O–H groups in total. The van der Waals surface area contributed by atoms with Crippen molar-refractivity contribution in [3.8, 4) is 5.75 Å². The van der Waals surface area contributed by atoms with Gasteiger partial charge in [0.2, 0.25) is 0 Å². The molecule has 1 aliphatic heterocycles. The van der Waals surface area contributed by atoms with Gasteiger partial charge in [0.1, 0.15) is 5.75 Å². The van der Waals surface area contributed by atoms with Gasteiger partial charge in [-0.1, -0.05) is 12.1 Å². The van der Waals surface area contributed by atoms with Gasteiger partial charge in [-0.05, 0) is 55.2 Å². The van der Waals surface area contributed by atoms with E-state index in [0.717, 1.165) is 24.3 Å². The fourth-order valence-electron chi connectivity index (χ4n) is 3.32. The van der Waals surface area contributed by atoms with Crippen molar-refractivity contribution in [2.24, 2.45) is 5.92 Å². The molecular weight excluding hydrogens is 374 g/mol. The first-order valence-corrected chi connectivity index (χ1v) is 10.3.